The molecule has 0 amide bonds. The van der Waals surface area contributed by atoms with Gasteiger partial charge in [0, 0.05) is 9.30 Å². The largest absolute Gasteiger partial charge is 0.494 e. The summed E-state index contributed by atoms with van der Waals surface area (Å²) in [5.41, 5.74) is 0. The molecule has 0 aliphatic rings. The van der Waals surface area contributed by atoms with Crippen LogP contribution in [0.3, 0.4) is 0 Å². The summed E-state index contributed by atoms with van der Waals surface area (Å²) < 4.78 is 6.76. The second-order valence-corrected chi connectivity index (χ2v) is 6.88. The van der Waals surface area contributed by atoms with Gasteiger partial charge in [0.25, 0.3) is 0 Å². The van der Waals surface area contributed by atoms with Crippen LogP contribution in [-0.4, -0.2) is 11.4 Å². The lowest BCUT2D eigenvalue weighted by molar-refractivity contribution is 0.304. The lowest BCUT2D eigenvalue weighted by Gasteiger charge is -2.12. The first-order chi connectivity index (χ1) is 8.08. The average Bonchev–Trinajstić information content (AvgIpc) is 2.26. The van der Waals surface area contributed by atoms with E-state index in [0.29, 0.717) is 4.83 Å². The number of alkyl halides is 1. The minimum absolute atomic E-state index is 0.621. The van der Waals surface area contributed by atoms with Crippen LogP contribution in [0.4, 0.5) is 0 Å². The van der Waals surface area contributed by atoms with Gasteiger partial charge in [-0.25, -0.2) is 0 Å². The van der Waals surface area contributed by atoms with Gasteiger partial charge in [-0.3, -0.25) is 0 Å². The van der Waals surface area contributed by atoms with Crippen LogP contribution in [-0.2, 0) is 0 Å². The SMILES string of the molecule is CC(C)CC(Br)CCCOc1ccc(Br)cc1. The summed E-state index contributed by atoms with van der Waals surface area (Å²) in [6.45, 7) is 5.31. The molecule has 0 fully saturated rings. The summed E-state index contributed by atoms with van der Waals surface area (Å²) in [7, 11) is 0. The fourth-order valence-electron chi connectivity index (χ4n) is 1.66. The molecule has 0 saturated carbocycles. The molecular formula is C14H20Br2O. The van der Waals surface area contributed by atoms with Crippen molar-refractivity contribution in [2.24, 2.45) is 5.92 Å². The minimum Gasteiger partial charge on any atom is -0.494 e. The molecule has 0 spiro atoms. The Morgan fingerprint density at radius 1 is 1.18 bits per heavy atom. The highest BCUT2D eigenvalue weighted by Gasteiger charge is 2.06. The van der Waals surface area contributed by atoms with Crippen molar-refractivity contribution in [3.05, 3.63) is 28.7 Å². The maximum absolute atomic E-state index is 5.67. The van der Waals surface area contributed by atoms with E-state index < -0.39 is 0 Å². The number of hydrogen-bond acceptors (Lipinski definition) is 1. The molecule has 1 nitrogen and oxygen atoms in total. The van der Waals surface area contributed by atoms with Gasteiger partial charge in [0.2, 0.25) is 0 Å². The second-order valence-electron chi connectivity index (χ2n) is 4.67. The van der Waals surface area contributed by atoms with Crippen LogP contribution in [0.25, 0.3) is 0 Å². The Labute approximate surface area is 121 Å². The monoisotopic (exact) mass is 362 g/mol. The normalized spacial score (nSPS) is 12.8. The number of ether oxygens (including phenoxy) is 1. The average molecular weight is 364 g/mol. The van der Waals surface area contributed by atoms with Gasteiger partial charge in [0.15, 0.2) is 0 Å². The molecule has 17 heavy (non-hydrogen) atoms. The van der Waals surface area contributed by atoms with Crippen molar-refractivity contribution in [3.8, 4) is 5.75 Å². The summed E-state index contributed by atoms with van der Waals surface area (Å²) >= 11 is 7.12. The first-order valence-electron chi connectivity index (χ1n) is 6.10. The fraction of sp³-hybridized carbons (Fsp3) is 0.571. The summed E-state index contributed by atoms with van der Waals surface area (Å²) in [4.78, 5) is 0.621. The maximum Gasteiger partial charge on any atom is 0.119 e. The molecule has 0 aromatic heterocycles. The molecule has 1 rings (SSSR count). The van der Waals surface area contributed by atoms with Crippen LogP contribution in [0.2, 0.25) is 0 Å². The van der Waals surface area contributed by atoms with Crippen LogP contribution in [0.1, 0.15) is 33.1 Å². The fourth-order valence-corrected chi connectivity index (χ4v) is 2.99. The Kier molecular flexibility index (Phi) is 7.21. The van der Waals surface area contributed by atoms with Crippen LogP contribution >= 0.6 is 31.9 Å². The van der Waals surface area contributed by atoms with Crippen molar-refractivity contribution >= 4 is 31.9 Å². The van der Waals surface area contributed by atoms with E-state index >= 15 is 0 Å². The zero-order chi connectivity index (χ0) is 12.7. The predicted octanol–water partition coefficient (Wildman–Crippen LogP) is 5.42. The van der Waals surface area contributed by atoms with E-state index in [1.54, 1.807) is 0 Å². The second kappa shape index (κ2) is 8.15. The van der Waals surface area contributed by atoms with E-state index in [4.69, 9.17) is 4.74 Å². The van der Waals surface area contributed by atoms with E-state index in [-0.39, 0.29) is 0 Å². The van der Waals surface area contributed by atoms with E-state index in [1.807, 2.05) is 24.3 Å². The molecule has 96 valence electrons. The first kappa shape index (κ1) is 15.0. The standard InChI is InChI=1S/C14H20Br2O/c1-11(2)10-13(16)4-3-9-17-14-7-5-12(15)6-8-14/h5-8,11,13H,3-4,9-10H2,1-2H3. The predicted molar refractivity (Wildman–Crippen MR) is 81.0 cm³/mol. The molecule has 0 heterocycles. The Morgan fingerprint density at radius 2 is 1.82 bits per heavy atom. The van der Waals surface area contributed by atoms with Gasteiger partial charge in [-0.05, 0) is 49.4 Å². The molecule has 0 saturated heterocycles. The molecular weight excluding hydrogens is 344 g/mol. The van der Waals surface area contributed by atoms with Crippen LogP contribution in [0.15, 0.2) is 28.7 Å². The highest BCUT2D eigenvalue weighted by atomic mass is 79.9. The van der Waals surface area contributed by atoms with Gasteiger partial charge in [-0.15, -0.1) is 0 Å². The van der Waals surface area contributed by atoms with Crippen molar-refractivity contribution < 1.29 is 4.74 Å². The molecule has 0 bridgehead atoms. The Bertz CT molecular complexity index is 309. The molecule has 0 aliphatic heterocycles. The van der Waals surface area contributed by atoms with Gasteiger partial charge in [0.1, 0.15) is 5.75 Å². The van der Waals surface area contributed by atoms with E-state index in [2.05, 4.69) is 45.7 Å². The van der Waals surface area contributed by atoms with Crippen molar-refractivity contribution in [2.75, 3.05) is 6.61 Å². The van der Waals surface area contributed by atoms with Crippen LogP contribution < -0.4 is 4.74 Å². The van der Waals surface area contributed by atoms with Crippen LogP contribution in [0.5, 0.6) is 5.75 Å². The van der Waals surface area contributed by atoms with E-state index in [1.165, 1.54) is 12.8 Å². The minimum atomic E-state index is 0.621. The molecule has 0 aliphatic carbocycles. The number of benzene rings is 1. The smallest absolute Gasteiger partial charge is 0.119 e. The van der Waals surface area contributed by atoms with Gasteiger partial charge in [-0.1, -0.05) is 45.7 Å². The lowest BCUT2D eigenvalue weighted by atomic mass is 10.1. The van der Waals surface area contributed by atoms with Gasteiger partial charge >= 0.3 is 0 Å². The van der Waals surface area contributed by atoms with Gasteiger partial charge in [0.05, 0.1) is 6.61 Å². The number of rotatable bonds is 7. The molecule has 1 aromatic rings. The lowest BCUT2D eigenvalue weighted by Crippen LogP contribution is -2.06. The Morgan fingerprint density at radius 3 is 2.41 bits per heavy atom. The molecule has 0 N–H and O–H groups in total. The summed E-state index contributed by atoms with van der Waals surface area (Å²) in [5.74, 6) is 1.70. The molecule has 1 unspecified atom stereocenters. The summed E-state index contributed by atoms with van der Waals surface area (Å²) in [6, 6.07) is 7.98. The van der Waals surface area contributed by atoms with Gasteiger partial charge in [-0.2, -0.15) is 0 Å². The zero-order valence-corrected chi connectivity index (χ0v) is 13.6. The van der Waals surface area contributed by atoms with E-state index in [0.717, 1.165) is 29.2 Å². The summed E-state index contributed by atoms with van der Waals surface area (Å²) in [5, 5.41) is 0. The van der Waals surface area contributed by atoms with Crippen LogP contribution in [0, 0.1) is 5.92 Å². The quantitative estimate of drug-likeness (QED) is 0.464. The van der Waals surface area contributed by atoms with Crippen molar-refractivity contribution in [2.45, 2.75) is 37.9 Å². The number of halogens is 2. The third kappa shape index (κ3) is 7.10. The molecule has 1 atom stereocenters. The van der Waals surface area contributed by atoms with Crippen molar-refractivity contribution in [1.29, 1.82) is 0 Å². The first-order valence-corrected chi connectivity index (χ1v) is 7.81. The number of hydrogen-bond donors (Lipinski definition) is 0. The van der Waals surface area contributed by atoms with Crippen molar-refractivity contribution in [1.82, 2.24) is 0 Å². The topological polar surface area (TPSA) is 9.23 Å². The van der Waals surface area contributed by atoms with E-state index in [9.17, 15) is 0 Å². The molecule has 0 radical (unpaired) electrons. The zero-order valence-electron chi connectivity index (χ0n) is 10.5. The third-order valence-electron chi connectivity index (χ3n) is 2.47. The highest BCUT2D eigenvalue weighted by molar-refractivity contribution is 9.10. The third-order valence-corrected chi connectivity index (χ3v) is 3.83. The Balaban J connectivity index is 2.13. The van der Waals surface area contributed by atoms with Gasteiger partial charge < -0.3 is 4.74 Å². The van der Waals surface area contributed by atoms with Crippen molar-refractivity contribution in [3.63, 3.8) is 0 Å². The highest BCUT2D eigenvalue weighted by Crippen LogP contribution is 2.19. The Hall–Kier alpha value is -0.0200. The summed E-state index contributed by atoms with van der Waals surface area (Å²) in [6.07, 6.45) is 3.51. The maximum atomic E-state index is 5.67. The molecule has 1 aromatic carbocycles. The molecule has 3 heteroatoms.